The average molecular weight is 264 g/mol. The molecule has 0 bridgehead atoms. The van der Waals surface area contributed by atoms with Crippen molar-refractivity contribution in [2.24, 2.45) is 0 Å². The van der Waals surface area contributed by atoms with Gasteiger partial charge in [-0.15, -0.1) is 0 Å². The summed E-state index contributed by atoms with van der Waals surface area (Å²) >= 11 is 0. The molecule has 0 unspecified atom stereocenters. The Hall–Kier alpha value is -1.25. The molecule has 96 valence electrons. The van der Waals surface area contributed by atoms with Gasteiger partial charge in [0, 0.05) is 0 Å². The third-order valence-corrected chi connectivity index (χ3v) is 5.87. The van der Waals surface area contributed by atoms with Crippen LogP contribution in [0.25, 0.3) is 0 Å². The summed E-state index contributed by atoms with van der Waals surface area (Å²) in [5, 5.41) is 0.351. The quantitative estimate of drug-likeness (QED) is 0.721. The van der Waals surface area contributed by atoms with Gasteiger partial charge in [-0.3, -0.25) is 0 Å². The molecule has 2 rings (SSSR count). The first kappa shape index (κ1) is 13.2. The van der Waals surface area contributed by atoms with Crippen LogP contribution < -0.4 is 10.6 Å². The van der Waals surface area contributed by atoms with Gasteiger partial charge in [0.25, 0.3) is 0 Å². The first-order chi connectivity index (χ1) is 8.31. The first-order valence-electron chi connectivity index (χ1n) is 5.70. The van der Waals surface area contributed by atoms with Crippen molar-refractivity contribution in [3.63, 3.8) is 0 Å². The van der Waals surface area contributed by atoms with E-state index in [0.717, 1.165) is 5.56 Å². The molecule has 0 aromatic heterocycles. The van der Waals surface area contributed by atoms with E-state index in [1.165, 1.54) is 12.1 Å². The zero-order chi connectivity index (χ0) is 13.4. The number of rotatable bonds is 2. The van der Waals surface area contributed by atoms with E-state index in [0.29, 0.717) is 5.56 Å². The molecule has 0 spiro atoms. The van der Waals surface area contributed by atoms with Crippen molar-refractivity contribution >= 4 is 17.9 Å². The van der Waals surface area contributed by atoms with E-state index in [-0.39, 0.29) is 10.6 Å². The summed E-state index contributed by atoms with van der Waals surface area (Å²) in [7, 11) is -5.01. The summed E-state index contributed by atoms with van der Waals surface area (Å²) in [5.74, 6) is 0. The Bertz CT molecular complexity index is 571. The zero-order valence-electron chi connectivity index (χ0n) is 10.4. The van der Waals surface area contributed by atoms with Crippen LogP contribution in [-0.4, -0.2) is 14.7 Å². The van der Waals surface area contributed by atoms with Gasteiger partial charge in [0.05, 0.1) is 0 Å². The van der Waals surface area contributed by atoms with Crippen LogP contribution in [0.5, 0.6) is 0 Å². The van der Waals surface area contributed by atoms with Crippen molar-refractivity contribution < 1.29 is 14.7 Å². The van der Waals surface area contributed by atoms with Crippen molar-refractivity contribution in [2.75, 3.05) is 0 Å². The van der Waals surface area contributed by atoms with Gasteiger partial charge < -0.3 is 0 Å². The van der Waals surface area contributed by atoms with Gasteiger partial charge in [-0.05, 0) is 0 Å². The zero-order valence-corrected chi connectivity index (χ0v) is 11.3. The molecule has 18 heavy (non-hydrogen) atoms. The van der Waals surface area contributed by atoms with E-state index in [1.807, 2.05) is 13.0 Å². The molecule has 0 amide bonds. The van der Waals surface area contributed by atoms with Crippen LogP contribution in [0.15, 0.2) is 48.5 Å². The molecule has 3 nitrogen and oxygen atoms in total. The minimum absolute atomic E-state index is 0.150. The first-order valence-corrected chi connectivity index (χ1v) is 7.80. The van der Waals surface area contributed by atoms with E-state index < -0.39 is 7.28 Å². The van der Waals surface area contributed by atoms with Crippen LogP contribution in [-0.2, 0) is 0 Å². The van der Waals surface area contributed by atoms with Gasteiger partial charge in [0.1, 0.15) is 0 Å². The summed E-state index contributed by atoms with van der Waals surface area (Å²) in [4.78, 5) is 31.4. The molecule has 0 saturated heterocycles. The third kappa shape index (κ3) is 2.06. The summed E-state index contributed by atoms with van der Waals surface area (Å²) in [6, 6.07) is 13.3. The molecule has 4 heteroatoms. The van der Waals surface area contributed by atoms with E-state index in [1.54, 1.807) is 37.3 Å². The van der Waals surface area contributed by atoms with Crippen molar-refractivity contribution in [1.29, 1.82) is 0 Å². The van der Waals surface area contributed by atoms with Gasteiger partial charge in [0.2, 0.25) is 0 Å². The fourth-order valence-electron chi connectivity index (χ4n) is 2.02. The summed E-state index contributed by atoms with van der Waals surface area (Å²) in [5.41, 5.74) is 1.61. The van der Waals surface area contributed by atoms with Crippen molar-refractivity contribution in [3.8, 4) is 0 Å². The van der Waals surface area contributed by atoms with Crippen LogP contribution >= 0.6 is 7.28 Å². The second-order valence-corrected chi connectivity index (χ2v) is 7.49. The predicted octanol–water partition coefficient (Wildman–Crippen LogP) is 1.53. The minimum atomic E-state index is -5.01. The Morgan fingerprint density at radius 1 is 0.778 bits per heavy atom. The number of hydrogen-bond acceptors (Lipinski definition) is 3. The van der Waals surface area contributed by atoms with E-state index in [9.17, 15) is 14.7 Å². The van der Waals surface area contributed by atoms with Crippen LogP contribution in [0.3, 0.4) is 0 Å². The molecule has 0 radical (unpaired) electrons. The molecule has 0 aliphatic carbocycles. The van der Waals surface area contributed by atoms with Gasteiger partial charge >= 0.3 is 106 Å². The normalized spacial score (nSPS) is 13.9. The number of benzene rings is 2. The van der Waals surface area contributed by atoms with Crippen molar-refractivity contribution in [1.82, 2.24) is 0 Å². The molecule has 2 aromatic carbocycles. The van der Waals surface area contributed by atoms with Crippen molar-refractivity contribution in [2.45, 2.75) is 13.8 Å². The Kier molecular flexibility index (Phi) is 3.04. The van der Waals surface area contributed by atoms with Gasteiger partial charge in [-0.25, -0.2) is 0 Å². The Labute approximate surface area is 107 Å². The van der Waals surface area contributed by atoms with Crippen LogP contribution in [0, 0.1) is 13.8 Å². The summed E-state index contributed by atoms with van der Waals surface area (Å²) in [6.45, 7) is 3.65. The van der Waals surface area contributed by atoms with Gasteiger partial charge in [-0.2, -0.15) is 0 Å². The molecule has 0 heterocycles. The number of aryl methyl sites for hydroxylation is 1. The average Bonchev–Trinajstić information content (AvgIpc) is 2.33. The molecular formula is C14H17O3P. The monoisotopic (exact) mass is 264 g/mol. The second-order valence-electron chi connectivity index (χ2n) is 4.53. The number of hydrogen-bond donors (Lipinski definition) is 3. The summed E-state index contributed by atoms with van der Waals surface area (Å²) < 4.78 is 0. The fourth-order valence-corrected chi connectivity index (χ4v) is 4.18. The topological polar surface area (TPSA) is 60.7 Å². The Morgan fingerprint density at radius 2 is 1.39 bits per heavy atom. The Morgan fingerprint density at radius 3 is 2.00 bits per heavy atom. The third-order valence-electron chi connectivity index (χ3n) is 3.25. The predicted molar refractivity (Wildman–Crippen MR) is 75.2 cm³/mol. The maximum absolute atomic E-state index is 10.5. The summed E-state index contributed by atoms with van der Waals surface area (Å²) in [6.07, 6.45) is 0. The van der Waals surface area contributed by atoms with Crippen molar-refractivity contribution in [3.05, 3.63) is 59.7 Å². The molecule has 0 aliphatic heterocycles. The maximum atomic E-state index is 10.5. The van der Waals surface area contributed by atoms with Gasteiger partial charge in [0.15, 0.2) is 0 Å². The van der Waals surface area contributed by atoms with E-state index >= 15 is 0 Å². The van der Waals surface area contributed by atoms with E-state index in [4.69, 9.17) is 0 Å². The van der Waals surface area contributed by atoms with Crippen LogP contribution in [0.1, 0.15) is 11.1 Å². The molecular weight excluding hydrogens is 247 g/mol. The molecule has 0 atom stereocenters. The SMILES string of the molecule is Cc1cccc(P(O)(O)(O)c2ccccc2)c1C. The fraction of sp³-hybridized carbons (Fsp3) is 0.143. The molecule has 0 aliphatic rings. The van der Waals surface area contributed by atoms with Crippen LogP contribution in [0.2, 0.25) is 0 Å². The molecule has 3 N–H and O–H groups in total. The molecule has 0 saturated carbocycles. The molecule has 2 aromatic rings. The standard InChI is InChI=1S/C14H17O3P/c1-11-7-6-10-14(12(11)2)18(15,16,17)13-8-4-3-5-9-13/h3-10,15-17H,1-2H3. The molecule has 0 fully saturated rings. The second kappa shape index (κ2) is 4.15. The van der Waals surface area contributed by atoms with Crippen LogP contribution in [0.4, 0.5) is 0 Å². The van der Waals surface area contributed by atoms with E-state index in [2.05, 4.69) is 0 Å². The Balaban J connectivity index is 2.70. The van der Waals surface area contributed by atoms with Gasteiger partial charge in [-0.1, -0.05) is 0 Å².